The number of nitrogens with one attached hydrogen (secondary N) is 3. The van der Waals surface area contributed by atoms with Crippen molar-refractivity contribution in [3.63, 3.8) is 0 Å². The van der Waals surface area contributed by atoms with E-state index in [2.05, 4.69) is 16.0 Å². The highest BCUT2D eigenvalue weighted by Gasteiger charge is 2.26. The van der Waals surface area contributed by atoms with Crippen molar-refractivity contribution in [2.45, 2.75) is 45.3 Å². The molecule has 3 N–H and O–H groups in total. The fraction of sp³-hybridized carbons (Fsp3) is 0.750. The third kappa shape index (κ3) is 6.08. The largest absolute Gasteiger partial charge is 0.444 e. The topological polar surface area (TPSA) is 96.5 Å². The van der Waals surface area contributed by atoms with Gasteiger partial charge in [0, 0.05) is 19.5 Å². The molecule has 1 atom stereocenters. The molecule has 1 aliphatic heterocycles. The van der Waals surface area contributed by atoms with Gasteiger partial charge in [0.25, 0.3) is 0 Å². The summed E-state index contributed by atoms with van der Waals surface area (Å²) >= 11 is 0. The highest BCUT2D eigenvalue weighted by molar-refractivity contribution is 5.90. The molecule has 7 heteroatoms. The maximum atomic E-state index is 11.6. The van der Waals surface area contributed by atoms with E-state index in [4.69, 9.17) is 4.74 Å². The molecule has 0 radical (unpaired) electrons. The second-order valence-corrected chi connectivity index (χ2v) is 5.38. The molecule has 108 valence electrons. The van der Waals surface area contributed by atoms with E-state index in [0.717, 1.165) is 0 Å². The lowest BCUT2D eigenvalue weighted by Crippen LogP contribution is -2.44. The Balaban J connectivity index is 2.12. The van der Waals surface area contributed by atoms with Crippen molar-refractivity contribution >= 4 is 17.9 Å². The molecule has 3 amide bonds. The second kappa shape index (κ2) is 6.40. The number of hydrogen-bond donors (Lipinski definition) is 3. The van der Waals surface area contributed by atoms with Crippen molar-refractivity contribution in [3.8, 4) is 0 Å². The first-order valence-electron chi connectivity index (χ1n) is 6.32. The highest BCUT2D eigenvalue weighted by atomic mass is 16.6. The summed E-state index contributed by atoms with van der Waals surface area (Å²) in [4.78, 5) is 33.8. The molecule has 1 aliphatic rings. The molecule has 0 aromatic heterocycles. The molecule has 0 bridgehead atoms. The van der Waals surface area contributed by atoms with E-state index < -0.39 is 17.7 Å². The van der Waals surface area contributed by atoms with E-state index in [1.54, 1.807) is 20.8 Å². The van der Waals surface area contributed by atoms with Crippen LogP contribution in [0.5, 0.6) is 0 Å². The summed E-state index contributed by atoms with van der Waals surface area (Å²) in [5, 5.41) is 7.74. The zero-order valence-electron chi connectivity index (χ0n) is 11.5. The minimum atomic E-state index is -0.540. The fourth-order valence-electron chi connectivity index (χ4n) is 1.60. The van der Waals surface area contributed by atoms with Crippen molar-refractivity contribution in [3.05, 3.63) is 0 Å². The molecule has 0 spiro atoms. The zero-order valence-corrected chi connectivity index (χ0v) is 11.5. The van der Waals surface area contributed by atoms with Gasteiger partial charge in [-0.05, 0) is 27.2 Å². The van der Waals surface area contributed by atoms with Crippen LogP contribution >= 0.6 is 0 Å². The normalized spacial score (nSPS) is 18.7. The molecule has 0 aliphatic carbocycles. The van der Waals surface area contributed by atoms with E-state index in [1.165, 1.54) is 0 Å². The Morgan fingerprint density at radius 2 is 1.95 bits per heavy atom. The number of alkyl carbamates (subject to hydrolysis) is 1. The van der Waals surface area contributed by atoms with Crippen molar-refractivity contribution in [2.24, 2.45) is 0 Å². The van der Waals surface area contributed by atoms with Crippen molar-refractivity contribution < 1.29 is 19.1 Å². The molecule has 19 heavy (non-hydrogen) atoms. The van der Waals surface area contributed by atoms with Crippen LogP contribution in [0.1, 0.15) is 33.6 Å². The molecule has 1 fully saturated rings. The van der Waals surface area contributed by atoms with Crippen LogP contribution in [-0.4, -0.2) is 42.6 Å². The van der Waals surface area contributed by atoms with Crippen LogP contribution in [0.25, 0.3) is 0 Å². The molecule has 1 heterocycles. The highest BCUT2D eigenvalue weighted by Crippen LogP contribution is 2.06. The summed E-state index contributed by atoms with van der Waals surface area (Å²) in [6.07, 6.45) is 0.384. The van der Waals surface area contributed by atoms with E-state index in [0.29, 0.717) is 19.4 Å². The van der Waals surface area contributed by atoms with Crippen molar-refractivity contribution in [2.75, 3.05) is 13.1 Å². The van der Waals surface area contributed by atoms with Crippen LogP contribution < -0.4 is 16.0 Å². The van der Waals surface area contributed by atoms with Crippen LogP contribution in [-0.2, 0) is 14.3 Å². The van der Waals surface area contributed by atoms with Gasteiger partial charge in [0.1, 0.15) is 11.6 Å². The standard InChI is InChI=1S/C12H21N3O4/c1-12(2,3)19-11(18)14-7-6-13-10(17)8-4-5-9(16)15-8/h8H,4-7H2,1-3H3,(H,13,17)(H,14,18)(H,15,16). The second-order valence-electron chi connectivity index (χ2n) is 5.38. The van der Waals surface area contributed by atoms with Gasteiger partial charge in [-0.3, -0.25) is 9.59 Å². The smallest absolute Gasteiger partial charge is 0.407 e. The molecule has 7 nitrogen and oxygen atoms in total. The molecule has 0 aromatic carbocycles. The SMILES string of the molecule is CC(C)(C)OC(=O)NCCNC(=O)C1CCC(=O)N1. The minimum Gasteiger partial charge on any atom is -0.444 e. The first-order chi connectivity index (χ1) is 8.78. The number of amides is 3. The Bertz CT molecular complexity index is 362. The summed E-state index contributed by atoms with van der Waals surface area (Å²) in [6.45, 7) is 5.90. The Kier molecular flexibility index (Phi) is 5.14. The lowest BCUT2D eigenvalue weighted by atomic mass is 10.2. The lowest BCUT2D eigenvalue weighted by Gasteiger charge is -2.19. The Morgan fingerprint density at radius 1 is 1.32 bits per heavy atom. The van der Waals surface area contributed by atoms with Crippen LogP contribution in [0.15, 0.2) is 0 Å². The molecule has 0 saturated carbocycles. The summed E-state index contributed by atoms with van der Waals surface area (Å²) in [5.74, 6) is -0.330. The molecule has 1 rings (SSSR count). The first-order valence-corrected chi connectivity index (χ1v) is 6.32. The fourth-order valence-corrected chi connectivity index (χ4v) is 1.60. The quantitative estimate of drug-likeness (QED) is 0.622. The van der Waals surface area contributed by atoms with E-state index in [1.807, 2.05) is 0 Å². The number of carbonyl (C=O) groups is 3. The third-order valence-corrected chi connectivity index (χ3v) is 2.40. The number of rotatable bonds is 4. The average molecular weight is 271 g/mol. The van der Waals surface area contributed by atoms with E-state index >= 15 is 0 Å². The van der Waals surface area contributed by atoms with Gasteiger partial charge in [-0.1, -0.05) is 0 Å². The van der Waals surface area contributed by atoms with Gasteiger partial charge in [-0.25, -0.2) is 4.79 Å². The van der Waals surface area contributed by atoms with Crippen LogP contribution in [0.3, 0.4) is 0 Å². The molecule has 1 unspecified atom stereocenters. The Morgan fingerprint density at radius 3 is 2.47 bits per heavy atom. The Labute approximate surface area is 112 Å². The van der Waals surface area contributed by atoms with Gasteiger partial charge >= 0.3 is 6.09 Å². The maximum absolute atomic E-state index is 11.6. The number of carbonyl (C=O) groups excluding carboxylic acids is 3. The molecule has 1 saturated heterocycles. The third-order valence-electron chi connectivity index (χ3n) is 2.40. The number of hydrogen-bond acceptors (Lipinski definition) is 4. The van der Waals surface area contributed by atoms with Gasteiger partial charge in [0.15, 0.2) is 0 Å². The summed E-state index contributed by atoms with van der Waals surface area (Å²) in [7, 11) is 0. The van der Waals surface area contributed by atoms with Crippen molar-refractivity contribution in [1.29, 1.82) is 0 Å². The predicted octanol–water partition coefficient (Wildman–Crippen LogP) is -0.0941. The van der Waals surface area contributed by atoms with Gasteiger partial charge in [-0.15, -0.1) is 0 Å². The van der Waals surface area contributed by atoms with Gasteiger partial charge in [0.05, 0.1) is 0 Å². The zero-order chi connectivity index (χ0) is 14.5. The van der Waals surface area contributed by atoms with E-state index in [-0.39, 0.29) is 18.4 Å². The summed E-state index contributed by atoms with van der Waals surface area (Å²) in [5.41, 5.74) is -0.540. The minimum absolute atomic E-state index is 0.105. The van der Waals surface area contributed by atoms with Crippen molar-refractivity contribution in [1.82, 2.24) is 16.0 Å². The molecule has 0 aromatic rings. The van der Waals surface area contributed by atoms with Gasteiger partial charge < -0.3 is 20.7 Å². The molecular formula is C12H21N3O4. The molecular weight excluding hydrogens is 250 g/mol. The van der Waals surface area contributed by atoms with Gasteiger partial charge in [-0.2, -0.15) is 0 Å². The summed E-state index contributed by atoms with van der Waals surface area (Å²) in [6, 6.07) is -0.450. The average Bonchev–Trinajstić information content (AvgIpc) is 2.68. The van der Waals surface area contributed by atoms with E-state index in [9.17, 15) is 14.4 Å². The van der Waals surface area contributed by atoms with Crippen LogP contribution in [0, 0.1) is 0 Å². The Hall–Kier alpha value is -1.79. The van der Waals surface area contributed by atoms with Crippen LogP contribution in [0.2, 0.25) is 0 Å². The number of ether oxygens (including phenoxy) is 1. The maximum Gasteiger partial charge on any atom is 0.407 e. The first kappa shape index (κ1) is 15.3. The van der Waals surface area contributed by atoms with Crippen LogP contribution in [0.4, 0.5) is 4.79 Å². The lowest BCUT2D eigenvalue weighted by molar-refractivity contribution is -0.125. The van der Waals surface area contributed by atoms with Gasteiger partial charge in [0.2, 0.25) is 11.8 Å². The predicted molar refractivity (Wildman–Crippen MR) is 68.4 cm³/mol. The monoisotopic (exact) mass is 271 g/mol. The summed E-state index contributed by atoms with van der Waals surface area (Å²) < 4.78 is 5.04.